The van der Waals surface area contributed by atoms with Crippen molar-refractivity contribution in [3.05, 3.63) is 82.5 Å². The molecular formula is C18H12Cl2N2O2. The molecule has 3 rings (SSSR count). The summed E-state index contributed by atoms with van der Waals surface area (Å²) in [5, 5.41) is 3.41. The summed E-state index contributed by atoms with van der Waals surface area (Å²) in [6, 6.07) is 17.2. The Labute approximate surface area is 149 Å². The van der Waals surface area contributed by atoms with Crippen LogP contribution in [-0.4, -0.2) is 10.9 Å². The lowest BCUT2D eigenvalue weighted by molar-refractivity contribution is 0.102. The van der Waals surface area contributed by atoms with Gasteiger partial charge in [-0.05, 0) is 36.4 Å². The number of carbonyl (C=O) groups is 1. The Bertz CT molecular complexity index is 870. The highest BCUT2D eigenvalue weighted by atomic mass is 35.5. The van der Waals surface area contributed by atoms with Gasteiger partial charge in [-0.1, -0.05) is 41.4 Å². The predicted molar refractivity (Wildman–Crippen MR) is 95.2 cm³/mol. The Morgan fingerprint density at radius 2 is 1.83 bits per heavy atom. The molecule has 0 spiro atoms. The zero-order chi connectivity index (χ0) is 16.9. The van der Waals surface area contributed by atoms with Gasteiger partial charge >= 0.3 is 0 Å². The Kier molecular flexibility index (Phi) is 4.99. The third-order valence-corrected chi connectivity index (χ3v) is 3.98. The van der Waals surface area contributed by atoms with Crippen LogP contribution in [0.25, 0.3) is 0 Å². The van der Waals surface area contributed by atoms with Crippen LogP contribution in [-0.2, 0) is 0 Å². The number of carbonyl (C=O) groups excluding carboxylic acids is 1. The summed E-state index contributed by atoms with van der Waals surface area (Å²) in [6.07, 6.45) is 1.63. The average molecular weight is 359 g/mol. The number of pyridine rings is 1. The smallest absolute Gasteiger partial charge is 0.255 e. The number of rotatable bonds is 4. The van der Waals surface area contributed by atoms with E-state index in [-0.39, 0.29) is 5.91 Å². The molecule has 0 saturated heterocycles. The van der Waals surface area contributed by atoms with Gasteiger partial charge in [0.2, 0.25) is 5.88 Å². The van der Waals surface area contributed by atoms with Gasteiger partial charge in [0, 0.05) is 17.8 Å². The molecule has 0 bridgehead atoms. The Balaban J connectivity index is 1.78. The first-order valence-corrected chi connectivity index (χ1v) is 7.83. The minimum atomic E-state index is -0.314. The van der Waals surface area contributed by atoms with Gasteiger partial charge in [-0.25, -0.2) is 4.98 Å². The molecule has 3 aromatic rings. The quantitative estimate of drug-likeness (QED) is 0.676. The van der Waals surface area contributed by atoms with Crippen molar-refractivity contribution in [2.24, 2.45) is 0 Å². The molecule has 0 fully saturated rings. The topological polar surface area (TPSA) is 51.2 Å². The third kappa shape index (κ3) is 3.85. The third-order valence-electron chi connectivity index (χ3n) is 3.16. The number of nitrogens with zero attached hydrogens (tertiary/aromatic N) is 1. The van der Waals surface area contributed by atoms with Crippen molar-refractivity contribution < 1.29 is 9.53 Å². The number of benzene rings is 2. The summed E-state index contributed by atoms with van der Waals surface area (Å²) in [6.45, 7) is 0. The molecule has 120 valence electrons. The molecule has 0 saturated carbocycles. The summed E-state index contributed by atoms with van der Waals surface area (Å²) < 4.78 is 5.62. The molecule has 0 aliphatic heterocycles. The molecule has 6 heteroatoms. The second-order valence-corrected chi connectivity index (χ2v) is 5.64. The van der Waals surface area contributed by atoms with Gasteiger partial charge in [-0.3, -0.25) is 4.79 Å². The normalized spacial score (nSPS) is 10.2. The molecule has 0 aliphatic rings. The average Bonchev–Trinajstić information content (AvgIpc) is 2.60. The van der Waals surface area contributed by atoms with E-state index in [1.54, 1.807) is 60.8 Å². The van der Waals surface area contributed by atoms with Crippen LogP contribution in [0.4, 0.5) is 5.69 Å². The van der Waals surface area contributed by atoms with E-state index in [0.29, 0.717) is 32.9 Å². The lowest BCUT2D eigenvalue weighted by Gasteiger charge is -2.09. The van der Waals surface area contributed by atoms with Gasteiger partial charge in [-0.2, -0.15) is 0 Å². The number of halogens is 2. The van der Waals surface area contributed by atoms with Crippen molar-refractivity contribution in [3.8, 4) is 11.6 Å². The fraction of sp³-hybridized carbons (Fsp3) is 0. The van der Waals surface area contributed by atoms with Crippen molar-refractivity contribution in [2.45, 2.75) is 0 Å². The van der Waals surface area contributed by atoms with Crippen LogP contribution in [0, 0.1) is 0 Å². The van der Waals surface area contributed by atoms with Crippen LogP contribution in [0.15, 0.2) is 66.9 Å². The molecule has 0 aliphatic carbocycles. The number of anilines is 1. The van der Waals surface area contributed by atoms with Crippen molar-refractivity contribution in [1.82, 2.24) is 4.98 Å². The maximum Gasteiger partial charge on any atom is 0.255 e. The number of amides is 1. The summed E-state index contributed by atoms with van der Waals surface area (Å²) in [4.78, 5) is 16.5. The molecule has 0 radical (unpaired) electrons. The predicted octanol–water partition coefficient (Wildman–Crippen LogP) is 5.43. The molecule has 1 N–H and O–H groups in total. The summed E-state index contributed by atoms with van der Waals surface area (Å²) >= 11 is 12.0. The molecular weight excluding hydrogens is 347 g/mol. The van der Waals surface area contributed by atoms with Gasteiger partial charge in [-0.15, -0.1) is 0 Å². The van der Waals surface area contributed by atoms with Crippen molar-refractivity contribution in [1.29, 1.82) is 0 Å². The Hall–Kier alpha value is -2.56. The Morgan fingerprint density at radius 1 is 1.00 bits per heavy atom. The van der Waals surface area contributed by atoms with Crippen molar-refractivity contribution in [2.75, 3.05) is 5.32 Å². The SMILES string of the molecule is O=C(Nc1cccc(Cl)c1Cl)c1cccc(Oc2ccccn2)c1. The van der Waals surface area contributed by atoms with Gasteiger partial charge in [0.15, 0.2) is 0 Å². The van der Waals surface area contributed by atoms with E-state index in [1.165, 1.54) is 0 Å². The molecule has 4 nitrogen and oxygen atoms in total. The van der Waals surface area contributed by atoms with Crippen LogP contribution in [0.3, 0.4) is 0 Å². The van der Waals surface area contributed by atoms with Crippen LogP contribution >= 0.6 is 23.2 Å². The maximum atomic E-state index is 12.4. The first-order valence-electron chi connectivity index (χ1n) is 7.08. The molecule has 0 unspecified atom stereocenters. The van der Waals surface area contributed by atoms with Crippen molar-refractivity contribution in [3.63, 3.8) is 0 Å². The second kappa shape index (κ2) is 7.34. The lowest BCUT2D eigenvalue weighted by atomic mass is 10.2. The van der Waals surface area contributed by atoms with Crippen LogP contribution < -0.4 is 10.1 Å². The number of hydrogen-bond acceptors (Lipinski definition) is 3. The summed E-state index contributed by atoms with van der Waals surface area (Å²) in [5.41, 5.74) is 0.879. The molecule has 1 heterocycles. The van der Waals surface area contributed by atoms with E-state index < -0.39 is 0 Å². The summed E-state index contributed by atoms with van der Waals surface area (Å²) in [5.74, 6) is 0.650. The Morgan fingerprint density at radius 3 is 2.62 bits per heavy atom. The lowest BCUT2D eigenvalue weighted by Crippen LogP contribution is -2.12. The second-order valence-electron chi connectivity index (χ2n) is 4.85. The van der Waals surface area contributed by atoms with Crippen LogP contribution in [0.2, 0.25) is 10.0 Å². The minimum absolute atomic E-state index is 0.299. The van der Waals surface area contributed by atoms with Crippen LogP contribution in [0.1, 0.15) is 10.4 Å². The number of aromatic nitrogens is 1. The van der Waals surface area contributed by atoms with E-state index in [4.69, 9.17) is 27.9 Å². The van der Waals surface area contributed by atoms with E-state index >= 15 is 0 Å². The van der Waals surface area contributed by atoms with Gasteiger partial charge in [0.05, 0.1) is 15.7 Å². The van der Waals surface area contributed by atoms with Crippen molar-refractivity contribution >= 4 is 34.8 Å². The minimum Gasteiger partial charge on any atom is -0.439 e. The highest BCUT2D eigenvalue weighted by molar-refractivity contribution is 6.44. The molecule has 24 heavy (non-hydrogen) atoms. The van der Waals surface area contributed by atoms with E-state index in [0.717, 1.165) is 0 Å². The number of ether oxygens (including phenoxy) is 1. The zero-order valence-electron chi connectivity index (χ0n) is 12.4. The molecule has 2 aromatic carbocycles. The number of nitrogens with one attached hydrogen (secondary N) is 1. The molecule has 1 amide bonds. The van der Waals surface area contributed by atoms with E-state index in [2.05, 4.69) is 10.3 Å². The highest BCUT2D eigenvalue weighted by Gasteiger charge is 2.11. The first-order chi connectivity index (χ1) is 11.6. The van der Waals surface area contributed by atoms with Gasteiger partial charge in [0.25, 0.3) is 5.91 Å². The fourth-order valence-electron chi connectivity index (χ4n) is 2.02. The highest BCUT2D eigenvalue weighted by Crippen LogP contribution is 2.30. The van der Waals surface area contributed by atoms with Gasteiger partial charge in [0.1, 0.15) is 5.75 Å². The van der Waals surface area contributed by atoms with E-state index in [1.807, 2.05) is 6.07 Å². The standard InChI is InChI=1S/C18H12Cl2N2O2/c19-14-7-4-8-15(17(14)20)22-18(23)12-5-3-6-13(11-12)24-16-9-1-2-10-21-16/h1-11H,(H,22,23). The summed E-state index contributed by atoms with van der Waals surface area (Å²) in [7, 11) is 0. The van der Waals surface area contributed by atoms with Gasteiger partial charge < -0.3 is 10.1 Å². The molecule has 1 aromatic heterocycles. The first kappa shape index (κ1) is 16.3. The molecule has 0 atom stereocenters. The monoisotopic (exact) mass is 358 g/mol. The zero-order valence-corrected chi connectivity index (χ0v) is 13.9. The van der Waals surface area contributed by atoms with Crippen LogP contribution in [0.5, 0.6) is 11.6 Å². The maximum absolute atomic E-state index is 12.4. The largest absolute Gasteiger partial charge is 0.439 e. The van der Waals surface area contributed by atoms with E-state index in [9.17, 15) is 4.79 Å². The number of hydrogen-bond donors (Lipinski definition) is 1. The fourth-order valence-corrected chi connectivity index (χ4v) is 2.37.